The van der Waals surface area contributed by atoms with Gasteiger partial charge >= 0.3 is 11.6 Å². The molecule has 0 aliphatic heterocycles. The Bertz CT molecular complexity index is 1050. The standard InChI is InChI=1S/C19H15NO5/c1-10-4-3-5-12(8-10)17(21)15(18(22)23)16-19(24)25-14-7-6-11(2)9-13(14)20-16/h3-9,15H,1-2H3,(H,22,23). The van der Waals surface area contributed by atoms with E-state index in [1.54, 1.807) is 43.3 Å². The lowest BCUT2D eigenvalue weighted by Gasteiger charge is -2.11. The van der Waals surface area contributed by atoms with Crippen LogP contribution in [-0.2, 0) is 4.79 Å². The maximum absolute atomic E-state index is 12.7. The highest BCUT2D eigenvalue weighted by Gasteiger charge is 2.34. The molecule has 0 amide bonds. The monoisotopic (exact) mass is 337 g/mol. The number of carboxylic acid groups (broad SMARTS) is 1. The number of hydrogen-bond acceptors (Lipinski definition) is 5. The molecule has 25 heavy (non-hydrogen) atoms. The van der Waals surface area contributed by atoms with Gasteiger partial charge < -0.3 is 9.52 Å². The van der Waals surface area contributed by atoms with E-state index < -0.39 is 29.0 Å². The third-order valence-electron chi connectivity index (χ3n) is 3.85. The van der Waals surface area contributed by atoms with Crippen molar-refractivity contribution in [2.45, 2.75) is 19.8 Å². The first-order valence-corrected chi connectivity index (χ1v) is 7.62. The predicted molar refractivity (Wildman–Crippen MR) is 90.9 cm³/mol. The first-order chi connectivity index (χ1) is 11.9. The molecule has 0 radical (unpaired) electrons. The van der Waals surface area contributed by atoms with E-state index >= 15 is 0 Å². The van der Waals surface area contributed by atoms with Crippen LogP contribution in [0.15, 0.2) is 51.7 Å². The van der Waals surface area contributed by atoms with E-state index in [2.05, 4.69) is 4.98 Å². The Labute approximate surface area is 142 Å². The molecule has 0 aliphatic rings. The van der Waals surface area contributed by atoms with Crippen molar-refractivity contribution in [3.8, 4) is 0 Å². The van der Waals surface area contributed by atoms with Gasteiger partial charge in [0.25, 0.3) is 0 Å². The number of carboxylic acids is 1. The maximum Gasteiger partial charge on any atom is 0.359 e. The van der Waals surface area contributed by atoms with Crippen LogP contribution in [0.5, 0.6) is 0 Å². The summed E-state index contributed by atoms with van der Waals surface area (Å²) in [6, 6.07) is 11.5. The number of fused-ring (bicyclic) bond motifs is 1. The third-order valence-corrected chi connectivity index (χ3v) is 3.85. The molecule has 1 heterocycles. The zero-order valence-corrected chi connectivity index (χ0v) is 13.6. The predicted octanol–water partition coefficient (Wildman–Crippen LogP) is 2.86. The summed E-state index contributed by atoms with van der Waals surface area (Å²) >= 11 is 0. The van der Waals surface area contributed by atoms with Gasteiger partial charge in [0, 0.05) is 5.56 Å². The van der Waals surface area contributed by atoms with Crippen molar-refractivity contribution in [3.63, 3.8) is 0 Å². The van der Waals surface area contributed by atoms with E-state index in [-0.39, 0.29) is 11.1 Å². The minimum Gasteiger partial charge on any atom is -0.480 e. The quantitative estimate of drug-likeness (QED) is 0.581. The lowest BCUT2D eigenvalue weighted by Crippen LogP contribution is -2.28. The maximum atomic E-state index is 12.7. The van der Waals surface area contributed by atoms with E-state index in [9.17, 15) is 19.5 Å². The Hall–Kier alpha value is -3.28. The molecule has 2 aromatic carbocycles. The van der Waals surface area contributed by atoms with Crippen LogP contribution in [0, 0.1) is 13.8 Å². The van der Waals surface area contributed by atoms with Gasteiger partial charge in [-0.15, -0.1) is 0 Å². The number of aliphatic carboxylic acids is 1. The van der Waals surface area contributed by atoms with E-state index in [0.717, 1.165) is 11.1 Å². The lowest BCUT2D eigenvalue weighted by molar-refractivity contribution is -0.137. The molecule has 0 spiro atoms. The summed E-state index contributed by atoms with van der Waals surface area (Å²) in [6.45, 7) is 3.62. The number of ketones is 1. The van der Waals surface area contributed by atoms with E-state index in [4.69, 9.17) is 4.42 Å². The third kappa shape index (κ3) is 3.19. The second-order valence-corrected chi connectivity index (χ2v) is 5.86. The normalized spacial score (nSPS) is 12.1. The Morgan fingerprint density at radius 3 is 2.48 bits per heavy atom. The minimum atomic E-state index is -1.72. The summed E-state index contributed by atoms with van der Waals surface area (Å²) in [7, 11) is 0. The Balaban J connectivity index is 2.17. The molecule has 0 bridgehead atoms. The zero-order valence-electron chi connectivity index (χ0n) is 13.6. The molecule has 3 aromatic rings. The molecular weight excluding hydrogens is 322 g/mol. The lowest BCUT2D eigenvalue weighted by atomic mass is 9.94. The van der Waals surface area contributed by atoms with Gasteiger partial charge in [-0.3, -0.25) is 9.59 Å². The number of benzene rings is 2. The molecule has 126 valence electrons. The largest absolute Gasteiger partial charge is 0.480 e. The number of aromatic nitrogens is 1. The van der Waals surface area contributed by atoms with Crippen LogP contribution >= 0.6 is 0 Å². The topological polar surface area (TPSA) is 97.5 Å². The Morgan fingerprint density at radius 1 is 1.08 bits per heavy atom. The fourth-order valence-corrected chi connectivity index (χ4v) is 2.63. The second kappa shape index (κ2) is 6.32. The fourth-order valence-electron chi connectivity index (χ4n) is 2.63. The molecule has 3 rings (SSSR count). The molecule has 0 saturated carbocycles. The van der Waals surface area contributed by atoms with Crippen LogP contribution < -0.4 is 5.63 Å². The number of Topliss-reactive ketones (excluding diaryl/α,β-unsaturated/α-hetero) is 1. The summed E-state index contributed by atoms with van der Waals surface area (Å²) < 4.78 is 5.16. The van der Waals surface area contributed by atoms with Gasteiger partial charge in [0.05, 0.1) is 0 Å². The van der Waals surface area contributed by atoms with Gasteiger partial charge in [-0.25, -0.2) is 9.78 Å². The molecule has 0 fully saturated rings. The SMILES string of the molecule is Cc1cccc(C(=O)C(C(=O)O)c2nc3cc(C)ccc3oc2=O)c1. The van der Waals surface area contributed by atoms with Crippen LogP contribution in [0.3, 0.4) is 0 Å². The van der Waals surface area contributed by atoms with Gasteiger partial charge in [-0.2, -0.15) is 0 Å². The van der Waals surface area contributed by atoms with Crippen molar-refractivity contribution in [2.75, 3.05) is 0 Å². The molecule has 1 atom stereocenters. The van der Waals surface area contributed by atoms with Crippen molar-refractivity contribution in [3.05, 3.63) is 75.3 Å². The molecule has 6 heteroatoms. The van der Waals surface area contributed by atoms with E-state index in [1.165, 1.54) is 6.07 Å². The summed E-state index contributed by atoms with van der Waals surface area (Å²) in [5, 5.41) is 9.54. The zero-order chi connectivity index (χ0) is 18.1. The van der Waals surface area contributed by atoms with Crippen LogP contribution in [0.1, 0.15) is 33.1 Å². The van der Waals surface area contributed by atoms with Crippen LogP contribution in [0.2, 0.25) is 0 Å². The number of rotatable bonds is 4. The summed E-state index contributed by atoms with van der Waals surface area (Å²) in [5.74, 6) is -3.87. The first kappa shape index (κ1) is 16.6. The van der Waals surface area contributed by atoms with Crippen molar-refractivity contribution < 1.29 is 19.1 Å². The molecule has 6 nitrogen and oxygen atoms in total. The first-order valence-electron chi connectivity index (χ1n) is 7.62. The number of carbonyl (C=O) groups excluding carboxylic acids is 1. The molecule has 1 aromatic heterocycles. The highest BCUT2D eigenvalue weighted by molar-refractivity contribution is 6.12. The van der Waals surface area contributed by atoms with Crippen molar-refractivity contribution in [1.82, 2.24) is 4.98 Å². The van der Waals surface area contributed by atoms with Crippen molar-refractivity contribution in [2.24, 2.45) is 0 Å². The summed E-state index contributed by atoms with van der Waals surface area (Å²) in [5.41, 5.74) is 1.12. The van der Waals surface area contributed by atoms with Gasteiger partial charge in [0.2, 0.25) is 0 Å². The molecule has 1 N–H and O–H groups in total. The number of hydrogen-bond donors (Lipinski definition) is 1. The van der Waals surface area contributed by atoms with E-state index in [1.807, 2.05) is 6.92 Å². The van der Waals surface area contributed by atoms with Crippen LogP contribution in [0.25, 0.3) is 11.1 Å². The highest BCUT2D eigenvalue weighted by atomic mass is 16.4. The average molecular weight is 337 g/mol. The van der Waals surface area contributed by atoms with Gasteiger partial charge in [0.1, 0.15) is 11.2 Å². The summed E-state index contributed by atoms with van der Waals surface area (Å²) in [4.78, 5) is 40.7. The van der Waals surface area contributed by atoms with Crippen LogP contribution in [0.4, 0.5) is 0 Å². The molecule has 1 unspecified atom stereocenters. The van der Waals surface area contributed by atoms with Crippen molar-refractivity contribution >= 4 is 22.9 Å². The van der Waals surface area contributed by atoms with Crippen LogP contribution in [-0.4, -0.2) is 21.8 Å². The molecular formula is C19H15NO5. The fraction of sp³-hybridized carbons (Fsp3) is 0.158. The molecule has 0 aliphatic carbocycles. The molecule has 0 saturated heterocycles. The number of aryl methyl sites for hydroxylation is 2. The second-order valence-electron chi connectivity index (χ2n) is 5.86. The minimum absolute atomic E-state index is 0.206. The van der Waals surface area contributed by atoms with Gasteiger partial charge in [-0.05, 0) is 37.6 Å². The van der Waals surface area contributed by atoms with Gasteiger partial charge in [-0.1, -0.05) is 29.8 Å². The van der Waals surface area contributed by atoms with Crippen molar-refractivity contribution in [1.29, 1.82) is 0 Å². The Morgan fingerprint density at radius 2 is 1.80 bits per heavy atom. The van der Waals surface area contributed by atoms with Gasteiger partial charge in [0.15, 0.2) is 17.3 Å². The smallest absolute Gasteiger partial charge is 0.359 e. The Kier molecular flexibility index (Phi) is 4.19. The highest BCUT2D eigenvalue weighted by Crippen LogP contribution is 2.21. The van der Waals surface area contributed by atoms with E-state index in [0.29, 0.717) is 5.52 Å². The number of carbonyl (C=O) groups is 2. The average Bonchev–Trinajstić information content (AvgIpc) is 2.55. The number of nitrogens with zero attached hydrogens (tertiary/aromatic N) is 1. The summed E-state index contributed by atoms with van der Waals surface area (Å²) in [6.07, 6.45) is 0.